The van der Waals surface area contributed by atoms with E-state index in [2.05, 4.69) is 35.9 Å². The van der Waals surface area contributed by atoms with Crippen LogP contribution in [0.4, 0.5) is 14.5 Å². The van der Waals surface area contributed by atoms with E-state index in [1.54, 1.807) is 16.9 Å². The average Bonchev–Trinajstić information content (AvgIpc) is 3.66. The fraction of sp³-hybridized carbons (Fsp3) is 0.400. The molecule has 4 heterocycles. The van der Waals surface area contributed by atoms with Gasteiger partial charge in [-0.2, -0.15) is 10.3 Å². The van der Waals surface area contributed by atoms with Crippen LogP contribution in [-0.4, -0.2) is 48.7 Å². The minimum Gasteiger partial charge on any atom is -0.364 e. The largest absolute Gasteiger partial charge is 0.364 e. The van der Waals surface area contributed by atoms with Crippen molar-refractivity contribution in [2.75, 3.05) is 11.4 Å². The van der Waals surface area contributed by atoms with E-state index in [0.717, 1.165) is 62.6 Å². The third kappa shape index (κ3) is 4.18. The first kappa shape index (κ1) is 22.6. The predicted molar refractivity (Wildman–Crippen MR) is 128 cm³/mol. The molecule has 0 bridgehead atoms. The highest BCUT2D eigenvalue weighted by Crippen LogP contribution is 2.38. The molecule has 1 saturated heterocycles. The first-order valence-corrected chi connectivity index (χ1v) is 12.3. The summed E-state index contributed by atoms with van der Waals surface area (Å²) in [5, 5.41) is 21.8. The summed E-state index contributed by atoms with van der Waals surface area (Å²) in [6.07, 6.45) is 8.42. The highest BCUT2D eigenvalue weighted by Gasteiger charge is 2.30. The Hall–Kier alpha value is -3.89. The van der Waals surface area contributed by atoms with Gasteiger partial charge in [-0.05, 0) is 68.9 Å². The number of H-pyrrole nitrogens is 1. The topological polar surface area (TPSA) is 104 Å². The van der Waals surface area contributed by atoms with Crippen molar-refractivity contribution in [3.63, 3.8) is 0 Å². The smallest absolute Gasteiger partial charge is 0.255 e. The molecule has 1 unspecified atom stereocenters. The summed E-state index contributed by atoms with van der Waals surface area (Å²) in [5.74, 6) is -0.0389. The zero-order valence-electron chi connectivity index (χ0n) is 19.6. The number of pyridine rings is 1. The number of hydrogen-bond donors (Lipinski definition) is 2. The van der Waals surface area contributed by atoms with Crippen LogP contribution in [0.2, 0.25) is 0 Å². The SMILES string of the molecule is O=C(NC1CCC(c2nn[nH]n2)CC1)c1cnn2ccc(N3CCCC3c3cc(F)ccc3F)cc12. The number of rotatable bonds is 5. The van der Waals surface area contributed by atoms with Gasteiger partial charge in [0, 0.05) is 36.0 Å². The van der Waals surface area contributed by atoms with E-state index in [-0.39, 0.29) is 23.9 Å². The third-order valence-electron chi connectivity index (χ3n) is 7.44. The van der Waals surface area contributed by atoms with E-state index >= 15 is 0 Å². The molecule has 11 heteroatoms. The van der Waals surface area contributed by atoms with E-state index in [4.69, 9.17) is 0 Å². The quantitative estimate of drug-likeness (QED) is 0.438. The Bertz CT molecular complexity index is 1380. The number of benzene rings is 1. The summed E-state index contributed by atoms with van der Waals surface area (Å²) in [6.45, 7) is 0.718. The minimum absolute atomic E-state index is 0.0673. The van der Waals surface area contributed by atoms with Crippen LogP contribution in [0.25, 0.3) is 5.52 Å². The second kappa shape index (κ2) is 9.29. The number of nitrogens with one attached hydrogen (secondary N) is 2. The fourth-order valence-electron chi connectivity index (χ4n) is 5.59. The van der Waals surface area contributed by atoms with Crippen LogP contribution in [-0.2, 0) is 0 Å². The fourth-order valence-corrected chi connectivity index (χ4v) is 5.59. The third-order valence-corrected chi connectivity index (χ3v) is 7.44. The highest BCUT2D eigenvalue weighted by molar-refractivity contribution is 6.01. The van der Waals surface area contributed by atoms with Gasteiger partial charge in [-0.15, -0.1) is 10.2 Å². The summed E-state index contributed by atoms with van der Waals surface area (Å²) in [6, 6.07) is 7.21. The maximum absolute atomic E-state index is 14.5. The normalized spacial score (nSPS) is 22.3. The Kier molecular flexibility index (Phi) is 5.82. The van der Waals surface area contributed by atoms with Crippen LogP contribution in [0, 0.1) is 11.6 Å². The maximum Gasteiger partial charge on any atom is 0.255 e. The van der Waals surface area contributed by atoms with E-state index < -0.39 is 11.6 Å². The summed E-state index contributed by atoms with van der Waals surface area (Å²) in [7, 11) is 0. The lowest BCUT2D eigenvalue weighted by Gasteiger charge is -2.28. The van der Waals surface area contributed by atoms with Crippen molar-refractivity contribution in [1.29, 1.82) is 0 Å². The molecule has 6 rings (SSSR count). The Labute approximate surface area is 205 Å². The molecule has 186 valence electrons. The maximum atomic E-state index is 14.5. The number of amides is 1. The van der Waals surface area contributed by atoms with Crippen molar-refractivity contribution in [2.45, 2.75) is 56.5 Å². The summed E-state index contributed by atoms with van der Waals surface area (Å²) < 4.78 is 30.1. The van der Waals surface area contributed by atoms with E-state index in [1.165, 1.54) is 12.1 Å². The van der Waals surface area contributed by atoms with Crippen LogP contribution < -0.4 is 10.2 Å². The number of anilines is 1. The van der Waals surface area contributed by atoms with Crippen LogP contribution >= 0.6 is 0 Å². The molecule has 1 aromatic carbocycles. The van der Waals surface area contributed by atoms with Crippen molar-refractivity contribution in [1.82, 2.24) is 35.6 Å². The Morgan fingerprint density at radius 2 is 1.94 bits per heavy atom. The average molecular weight is 493 g/mol. The molecule has 2 N–H and O–H groups in total. The molecule has 1 saturated carbocycles. The number of tetrazole rings is 1. The summed E-state index contributed by atoms with van der Waals surface area (Å²) >= 11 is 0. The molecule has 0 radical (unpaired) electrons. The van der Waals surface area contributed by atoms with Crippen molar-refractivity contribution >= 4 is 17.1 Å². The van der Waals surface area contributed by atoms with Crippen molar-refractivity contribution in [3.05, 3.63) is 71.3 Å². The Morgan fingerprint density at radius 3 is 2.75 bits per heavy atom. The van der Waals surface area contributed by atoms with Crippen LogP contribution in [0.15, 0.2) is 42.7 Å². The lowest BCUT2D eigenvalue weighted by Crippen LogP contribution is -2.37. The summed E-state index contributed by atoms with van der Waals surface area (Å²) in [5.41, 5.74) is 2.37. The zero-order valence-corrected chi connectivity index (χ0v) is 19.6. The van der Waals surface area contributed by atoms with Crippen molar-refractivity contribution < 1.29 is 13.6 Å². The van der Waals surface area contributed by atoms with E-state index in [0.29, 0.717) is 16.6 Å². The molecule has 9 nitrogen and oxygen atoms in total. The number of aromatic nitrogens is 6. The first-order valence-electron chi connectivity index (χ1n) is 12.3. The van der Waals surface area contributed by atoms with Gasteiger partial charge in [-0.1, -0.05) is 5.21 Å². The van der Waals surface area contributed by atoms with Gasteiger partial charge in [0.25, 0.3) is 5.91 Å². The monoisotopic (exact) mass is 492 g/mol. The number of halogens is 2. The molecule has 2 aliphatic rings. The highest BCUT2D eigenvalue weighted by atomic mass is 19.1. The van der Waals surface area contributed by atoms with Gasteiger partial charge in [0.05, 0.1) is 23.3 Å². The lowest BCUT2D eigenvalue weighted by atomic mass is 9.85. The molecule has 2 fully saturated rings. The van der Waals surface area contributed by atoms with Gasteiger partial charge in [-0.3, -0.25) is 4.79 Å². The van der Waals surface area contributed by atoms with E-state index in [1.807, 2.05) is 12.1 Å². The Morgan fingerprint density at radius 1 is 1.08 bits per heavy atom. The van der Waals surface area contributed by atoms with Gasteiger partial charge in [-0.25, -0.2) is 13.3 Å². The minimum atomic E-state index is -0.449. The molecule has 0 spiro atoms. The van der Waals surface area contributed by atoms with Gasteiger partial charge in [0.2, 0.25) is 0 Å². The molecule has 3 aromatic heterocycles. The number of carbonyl (C=O) groups excluding carboxylic acids is 1. The van der Waals surface area contributed by atoms with E-state index in [9.17, 15) is 13.6 Å². The van der Waals surface area contributed by atoms with Crippen LogP contribution in [0.5, 0.6) is 0 Å². The van der Waals surface area contributed by atoms with Gasteiger partial charge >= 0.3 is 0 Å². The van der Waals surface area contributed by atoms with Crippen molar-refractivity contribution in [3.8, 4) is 0 Å². The number of aromatic amines is 1. The predicted octanol–water partition coefficient (Wildman–Crippen LogP) is 3.92. The van der Waals surface area contributed by atoms with Gasteiger partial charge < -0.3 is 10.2 Å². The van der Waals surface area contributed by atoms with Gasteiger partial charge in [0.15, 0.2) is 5.82 Å². The number of fused-ring (bicyclic) bond motifs is 1. The number of nitrogens with zero attached hydrogens (tertiary/aromatic N) is 6. The molecule has 1 amide bonds. The molecule has 4 aromatic rings. The zero-order chi connectivity index (χ0) is 24.6. The molecule has 1 aliphatic carbocycles. The van der Waals surface area contributed by atoms with Crippen LogP contribution in [0.3, 0.4) is 0 Å². The van der Waals surface area contributed by atoms with Crippen molar-refractivity contribution in [2.24, 2.45) is 0 Å². The summed E-state index contributed by atoms with van der Waals surface area (Å²) in [4.78, 5) is 15.3. The molecular formula is C25H26F2N8O. The molecule has 1 aliphatic heterocycles. The van der Waals surface area contributed by atoms with Crippen LogP contribution in [0.1, 0.15) is 72.2 Å². The second-order valence-electron chi connectivity index (χ2n) is 9.58. The van der Waals surface area contributed by atoms with Gasteiger partial charge in [0.1, 0.15) is 11.6 Å². The first-order chi connectivity index (χ1) is 17.6. The standard InChI is InChI=1S/C25H26F2N8O/c26-16-5-8-21(27)19(12-16)22-2-1-10-34(22)18-9-11-35-23(13-18)20(14-28-35)25(36)29-17-6-3-15(4-7-17)24-30-32-33-31-24/h5,8-9,11-15,17,22H,1-4,6-7,10H2,(H,29,36)(H,30,31,32,33). The second-order valence-corrected chi connectivity index (χ2v) is 9.58. The molecule has 36 heavy (non-hydrogen) atoms. The lowest BCUT2D eigenvalue weighted by molar-refractivity contribution is 0.0927. The number of hydrogen-bond acceptors (Lipinski definition) is 6. The number of carbonyl (C=O) groups is 1. The molecular weight excluding hydrogens is 466 g/mol. The molecule has 1 atom stereocenters. The Balaban J connectivity index is 1.20.